The van der Waals surface area contributed by atoms with Crippen molar-refractivity contribution in [2.24, 2.45) is 0 Å². The van der Waals surface area contributed by atoms with E-state index in [2.05, 4.69) is 17.1 Å². The van der Waals surface area contributed by atoms with Crippen LogP contribution in [-0.4, -0.2) is 34.5 Å². The summed E-state index contributed by atoms with van der Waals surface area (Å²) in [5, 5.41) is 4.17. The van der Waals surface area contributed by atoms with Gasteiger partial charge in [0.15, 0.2) is 5.82 Å². The van der Waals surface area contributed by atoms with Gasteiger partial charge in [-0.15, -0.1) is 0 Å². The van der Waals surface area contributed by atoms with Gasteiger partial charge in [0.2, 0.25) is 12.3 Å². The molecule has 0 bridgehead atoms. The Hall–Kier alpha value is -1.39. The second-order valence-corrected chi connectivity index (χ2v) is 5.79. The lowest BCUT2D eigenvalue weighted by molar-refractivity contribution is -0.118. The molecule has 5 heteroatoms. The zero-order chi connectivity index (χ0) is 12.6. The minimum atomic E-state index is -0.0472. The average molecular weight is 249 g/mol. The lowest BCUT2D eigenvalue weighted by Crippen LogP contribution is -2.27. The van der Waals surface area contributed by atoms with Crippen molar-refractivity contribution in [2.45, 2.75) is 50.4 Å². The van der Waals surface area contributed by atoms with Crippen LogP contribution in [0.2, 0.25) is 0 Å². The minimum absolute atomic E-state index is 0.0472. The van der Waals surface area contributed by atoms with E-state index < -0.39 is 0 Å². The number of rotatable bonds is 3. The number of likely N-dealkylation sites (tertiary alicyclic amines) is 1. The molecule has 1 aromatic heterocycles. The number of carbonyl (C=O) groups excluding carboxylic acids is 1. The number of amides is 1. The van der Waals surface area contributed by atoms with Gasteiger partial charge in [-0.1, -0.05) is 12.1 Å². The highest BCUT2D eigenvalue weighted by Gasteiger charge is 2.36. The predicted molar refractivity (Wildman–Crippen MR) is 65.1 cm³/mol. The summed E-state index contributed by atoms with van der Waals surface area (Å²) in [7, 11) is 0. The van der Waals surface area contributed by atoms with Crippen molar-refractivity contribution < 1.29 is 9.32 Å². The topological polar surface area (TPSA) is 59.2 Å². The molecule has 1 saturated heterocycles. The first-order valence-corrected chi connectivity index (χ1v) is 6.75. The fraction of sp³-hybridized carbons (Fsp3) is 0.769. The van der Waals surface area contributed by atoms with Crippen LogP contribution in [0.1, 0.15) is 56.7 Å². The van der Waals surface area contributed by atoms with Crippen molar-refractivity contribution in [3.8, 4) is 0 Å². The molecule has 1 unspecified atom stereocenters. The van der Waals surface area contributed by atoms with Crippen LogP contribution >= 0.6 is 0 Å². The molecule has 5 nitrogen and oxygen atoms in total. The van der Waals surface area contributed by atoms with Crippen LogP contribution in [0.4, 0.5) is 0 Å². The Balaban J connectivity index is 1.77. The number of nitrogens with zero attached hydrogens (tertiary/aromatic N) is 3. The van der Waals surface area contributed by atoms with Crippen LogP contribution < -0.4 is 0 Å². The first-order valence-electron chi connectivity index (χ1n) is 6.75. The summed E-state index contributed by atoms with van der Waals surface area (Å²) in [6.45, 7) is 3.81. The number of hydrogen-bond acceptors (Lipinski definition) is 4. The van der Waals surface area contributed by atoms with Crippen molar-refractivity contribution >= 4 is 6.41 Å². The predicted octanol–water partition coefficient (Wildman–Crippen LogP) is 1.85. The molecule has 0 N–H and O–H groups in total. The molecule has 0 spiro atoms. The Kier molecular flexibility index (Phi) is 2.84. The summed E-state index contributed by atoms with van der Waals surface area (Å²) in [6, 6.07) is 0. The van der Waals surface area contributed by atoms with Gasteiger partial charge >= 0.3 is 0 Å². The van der Waals surface area contributed by atoms with Crippen molar-refractivity contribution in [1.29, 1.82) is 0 Å². The lowest BCUT2D eigenvalue weighted by Gasteiger charge is -2.23. The zero-order valence-corrected chi connectivity index (χ0v) is 10.8. The summed E-state index contributed by atoms with van der Waals surface area (Å²) in [5.41, 5.74) is -0.0472. The van der Waals surface area contributed by atoms with Crippen LogP contribution in [0.5, 0.6) is 0 Å². The van der Waals surface area contributed by atoms with E-state index in [1.165, 1.54) is 12.8 Å². The maximum absolute atomic E-state index is 10.8. The first kappa shape index (κ1) is 11.7. The number of hydrogen-bond donors (Lipinski definition) is 0. The maximum atomic E-state index is 10.8. The third-order valence-corrected chi connectivity index (χ3v) is 4.18. The third kappa shape index (κ3) is 2.13. The quantitative estimate of drug-likeness (QED) is 0.767. The number of aromatic nitrogens is 2. The second-order valence-electron chi connectivity index (χ2n) is 5.79. The molecular formula is C13H19N3O2. The summed E-state index contributed by atoms with van der Waals surface area (Å²) >= 11 is 0. The Morgan fingerprint density at radius 3 is 2.94 bits per heavy atom. The molecule has 2 aliphatic rings. The number of carbonyl (C=O) groups is 1. The van der Waals surface area contributed by atoms with Gasteiger partial charge in [0.25, 0.3) is 0 Å². The Labute approximate surface area is 107 Å². The van der Waals surface area contributed by atoms with Crippen LogP contribution in [0.25, 0.3) is 0 Å². The molecule has 1 atom stereocenters. The molecule has 0 aromatic carbocycles. The summed E-state index contributed by atoms with van der Waals surface area (Å²) in [4.78, 5) is 17.3. The average Bonchev–Trinajstić information content (AvgIpc) is 3.14. The molecule has 98 valence electrons. The van der Waals surface area contributed by atoms with E-state index >= 15 is 0 Å². The standard InChI is InChI=1S/C13H19N3O2/c1-13(5-2-7-16(9-17)8-6-13)12-14-11(18-15-12)10-3-4-10/h9-10H,2-8H2,1H3. The van der Waals surface area contributed by atoms with Crippen LogP contribution in [0.15, 0.2) is 4.52 Å². The van der Waals surface area contributed by atoms with E-state index in [0.29, 0.717) is 5.92 Å². The summed E-state index contributed by atoms with van der Waals surface area (Å²) < 4.78 is 5.36. The first-order chi connectivity index (χ1) is 8.71. The molecule has 2 fully saturated rings. The van der Waals surface area contributed by atoms with Gasteiger partial charge in [-0.05, 0) is 32.1 Å². The molecule has 3 rings (SSSR count). The van der Waals surface area contributed by atoms with E-state index in [-0.39, 0.29) is 5.41 Å². The van der Waals surface area contributed by atoms with Crippen molar-refractivity contribution in [3.63, 3.8) is 0 Å². The Morgan fingerprint density at radius 1 is 1.39 bits per heavy atom. The fourth-order valence-electron chi connectivity index (χ4n) is 2.60. The van der Waals surface area contributed by atoms with Gasteiger partial charge < -0.3 is 9.42 Å². The van der Waals surface area contributed by atoms with Gasteiger partial charge in [0.1, 0.15) is 0 Å². The van der Waals surface area contributed by atoms with Gasteiger partial charge in [0.05, 0.1) is 0 Å². The molecule has 0 radical (unpaired) electrons. The highest BCUT2D eigenvalue weighted by atomic mass is 16.5. The van der Waals surface area contributed by atoms with Crippen molar-refractivity contribution in [1.82, 2.24) is 15.0 Å². The molecular weight excluding hydrogens is 230 g/mol. The molecule has 1 amide bonds. The zero-order valence-electron chi connectivity index (χ0n) is 10.8. The van der Waals surface area contributed by atoms with Crippen molar-refractivity contribution in [3.05, 3.63) is 11.7 Å². The van der Waals surface area contributed by atoms with Crippen molar-refractivity contribution in [2.75, 3.05) is 13.1 Å². The molecule has 1 aliphatic heterocycles. The lowest BCUT2D eigenvalue weighted by atomic mass is 9.82. The van der Waals surface area contributed by atoms with E-state index in [9.17, 15) is 4.79 Å². The van der Waals surface area contributed by atoms with Crippen LogP contribution in [0, 0.1) is 0 Å². The van der Waals surface area contributed by atoms with Gasteiger partial charge in [0, 0.05) is 24.4 Å². The SMILES string of the molecule is CC1(c2noc(C3CC3)n2)CCCN(C=O)CC1. The van der Waals surface area contributed by atoms with Crippen LogP contribution in [0.3, 0.4) is 0 Å². The smallest absolute Gasteiger partial charge is 0.229 e. The minimum Gasteiger partial charge on any atom is -0.345 e. The normalized spacial score (nSPS) is 29.1. The van der Waals surface area contributed by atoms with E-state index in [1.807, 2.05) is 4.90 Å². The summed E-state index contributed by atoms with van der Waals surface area (Å²) in [5.74, 6) is 2.15. The monoisotopic (exact) mass is 249 g/mol. The highest BCUT2D eigenvalue weighted by molar-refractivity contribution is 5.47. The van der Waals surface area contributed by atoms with Gasteiger partial charge in [-0.2, -0.15) is 4.98 Å². The van der Waals surface area contributed by atoms with Gasteiger partial charge in [-0.3, -0.25) is 4.79 Å². The molecule has 1 aromatic rings. The molecule has 18 heavy (non-hydrogen) atoms. The fourth-order valence-corrected chi connectivity index (χ4v) is 2.60. The molecule has 1 saturated carbocycles. The maximum Gasteiger partial charge on any atom is 0.229 e. The Bertz CT molecular complexity index is 441. The van der Waals surface area contributed by atoms with Crippen LogP contribution in [-0.2, 0) is 10.2 Å². The highest BCUT2D eigenvalue weighted by Crippen LogP contribution is 2.40. The molecule has 1 aliphatic carbocycles. The third-order valence-electron chi connectivity index (χ3n) is 4.18. The van der Waals surface area contributed by atoms with E-state index in [1.54, 1.807) is 0 Å². The van der Waals surface area contributed by atoms with Gasteiger partial charge in [-0.25, -0.2) is 0 Å². The van der Waals surface area contributed by atoms with E-state index in [4.69, 9.17) is 4.52 Å². The Morgan fingerprint density at radius 2 is 2.22 bits per heavy atom. The second kappa shape index (κ2) is 4.37. The largest absolute Gasteiger partial charge is 0.345 e. The summed E-state index contributed by atoms with van der Waals surface area (Å²) in [6.07, 6.45) is 6.23. The molecule has 2 heterocycles. The van der Waals surface area contributed by atoms with E-state index in [0.717, 1.165) is 50.5 Å².